The number of benzene rings is 1. The lowest BCUT2D eigenvalue weighted by molar-refractivity contribution is 0.0142. The van der Waals surface area contributed by atoms with E-state index >= 15 is 0 Å². The normalized spacial score (nSPS) is 18.0. The van der Waals surface area contributed by atoms with Gasteiger partial charge in [-0.15, -0.1) is 0 Å². The van der Waals surface area contributed by atoms with Gasteiger partial charge in [-0.3, -0.25) is 4.90 Å². The van der Waals surface area contributed by atoms with E-state index in [0.29, 0.717) is 10.9 Å². The molecule has 0 saturated carbocycles. The van der Waals surface area contributed by atoms with Gasteiger partial charge in [0, 0.05) is 26.1 Å². The number of hydrogen-bond acceptors (Lipinski definition) is 3. The molecular weight excluding hydrogens is 280 g/mol. The molecule has 0 amide bonds. The molecule has 0 aromatic heterocycles. The molecule has 21 heavy (non-hydrogen) atoms. The summed E-state index contributed by atoms with van der Waals surface area (Å²) in [5.41, 5.74) is 8.42. The molecular formula is C17H26N2OS. The highest BCUT2D eigenvalue weighted by atomic mass is 32.1. The van der Waals surface area contributed by atoms with Crippen LogP contribution in [0.25, 0.3) is 0 Å². The van der Waals surface area contributed by atoms with E-state index in [1.807, 2.05) is 0 Å². The minimum absolute atomic E-state index is 0.167. The van der Waals surface area contributed by atoms with Crippen molar-refractivity contribution in [3.63, 3.8) is 0 Å². The number of fused-ring (bicyclic) bond motifs is 1. The number of hydrogen-bond donors (Lipinski definition) is 1. The fraction of sp³-hybridized carbons (Fsp3) is 0.588. The summed E-state index contributed by atoms with van der Waals surface area (Å²) in [6, 6.07) is 8.62. The van der Waals surface area contributed by atoms with Crippen LogP contribution in [0.15, 0.2) is 24.3 Å². The minimum atomic E-state index is 0.167. The molecule has 2 rings (SSSR count). The average molecular weight is 306 g/mol. The summed E-state index contributed by atoms with van der Waals surface area (Å²) in [4.78, 5) is 3.02. The van der Waals surface area contributed by atoms with Crippen LogP contribution in [-0.4, -0.2) is 36.1 Å². The van der Waals surface area contributed by atoms with Crippen LogP contribution >= 0.6 is 12.2 Å². The van der Waals surface area contributed by atoms with Gasteiger partial charge in [0.2, 0.25) is 0 Å². The first-order valence-electron chi connectivity index (χ1n) is 7.76. The van der Waals surface area contributed by atoms with Crippen molar-refractivity contribution in [2.24, 2.45) is 11.7 Å². The molecule has 4 heteroatoms. The highest BCUT2D eigenvalue weighted by molar-refractivity contribution is 7.80. The quantitative estimate of drug-likeness (QED) is 0.786. The number of nitrogens with two attached hydrogens (primary N) is 1. The Hall–Kier alpha value is -0.970. The smallest absolute Gasteiger partial charge is 0.0954 e. The van der Waals surface area contributed by atoms with Crippen LogP contribution in [0.2, 0.25) is 0 Å². The SMILES string of the molecule is CC(C)CN(CCC(N)=S)CC1OCCc2ccccc21. The molecule has 1 atom stereocenters. The topological polar surface area (TPSA) is 38.5 Å². The Morgan fingerprint density at radius 1 is 1.43 bits per heavy atom. The molecule has 1 heterocycles. The largest absolute Gasteiger partial charge is 0.393 e. The molecule has 0 aliphatic carbocycles. The molecule has 0 saturated heterocycles. The fourth-order valence-corrected chi connectivity index (χ4v) is 3.00. The summed E-state index contributed by atoms with van der Waals surface area (Å²) < 4.78 is 6.02. The molecule has 0 radical (unpaired) electrons. The van der Waals surface area contributed by atoms with Crippen molar-refractivity contribution < 1.29 is 4.74 Å². The van der Waals surface area contributed by atoms with Crippen LogP contribution in [-0.2, 0) is 11.2 Å². The Labute approximate surface area is 133 Å². The Morgan fingerprint density at radius 2 is 2.19 bits per heavy atom. The van der Waals surface area contributed by atoms with Gasteiger partial charge in [-0.05, 0) is 23.5 Å². The fourth-order valence-electron chi connectivity index (χ4n) is 2.90. The zero-order valence-corrected chi connectivity index (χ0v) is 13.9. The maximum Gasteiger partial charge on any atom is 0.0954 e. The molecule has 0 fully saturated rings. The van der Waals surface area contributed by atoms with Crippen molar-refractivity contribution in [2.45, 2.75) is 32.8 Å². The van der Waals surface area contributed by atoms with Crippen LogP contribution in [0.3, 0.4) is 0 Å². The van der Waals surface area contributed by atoms with Gasteiger partial charge < -0.3 is 10.5 Å². The third-order valence-electron chi connectivity index (χ3n) is 3.81. The van der Waals surface area contributed by atoms with Crippen LogP contribution in [0.1, 0.15) is 37.5 Å². The second kappa shape index (κ2) is 7.87. The predicted octanol–water partition coefficient (Wildman–Crippen LogP) is 2.93. The van der Waals surface area contributed by atoms with Crippen LogP contribution < -0.4 is 5.73 Å². The second-order valence-corrected chi connectivity index (χ2v) is 6.70. The Bertz CT molecular complexity index is 476. The molecule has 3 nitrogen and oxygen atoms in total. The molecule has 1 aliphatic rings. The van der Waals surface area contributed by atoms with Gasteiger partial charge in [0.15, 0.2) is 0 Å². The van der Waals surface area contributed by atoms with Crippen molar-refractivity contribution >= 4 is 17.2 Å². The van der Waals surface area contributed by atoms with Crippen LogP contribution in [0.5, 0.6) is 0 Å². The van der Waals surface area contributed by atoms with Crippen molar-refractivity contribution in [3.8, 4) is 0 Å². The highest BCUT2D eigenvalue weighted by Gasteiger charge is 2.23. The highest BCUT2D eigenvalue weighted by Crippen LogP contribution is 2.27. The van der Waals surface area contributed by atoms with Gasteiger partial charge in [0.1, 0.15) is 0 Å². The molecule has 116 valence electrons. The van der Waals surface area contributed by atoms with Gasteiger partial charge in [0.05, 0.1) is 17.7 Å². The third kappa shape index (κ3) is 5.06. The average Bonchev–Trinajstić information content (AvgIpc) is 2.44. The van der Waals surface area contributed by atoms with E-state index in [-0.39, 0.29) is 6.10 Å². The maximum absolute atomic E-state index is 6.02. The van der Waals surface area contributed by atoms with Crippen molar-refractivity contribution in [1.82, 2.24) is 4.90 Å². The molecule has 2 N–H and O–H groups in total. The summed E-state index contributed by atoms with van der Waals surface area (Å²) in [6.07, 6.45) is 1.96. The maximum atomic E-state index is 6.02. The van der Waals surface area contributed by atoms with Gasteiger partial charge in [0.25, 0.3) is 0 Å². The lowest BCUT2D eigenvalue weighted by Gasteiger charge is -2.32. The van der Waals surface area contributed by atoms with E-state index in [9.17, 15) is 0 Å². The first-order chi connectivity index (χ1) is 10.1. The first kappa shape index (κ1) is 16.4. The van der Waals surface area contributed by atoms with Crippen LogP contribution in [0.4, 0.5) is 0 Å². The van der Waals surface area contributed by atoms with Gasteiger partial charge in [-0.2, -0.15) is 0 Å². The third-order valence-corrected chi connectivity index (χ3v) is 4.02. The molecule has 1 aromatic rings. The first-order valence-corrected chi connectivity index (χ1v) is 8.17. The second-order valence-electron chi connectivity index (χ2n) is 6.18. The molecule has 1 unspecified atom stereocenters. The van der Waals surface area contributed by atoms with E-state index in [1.54, 1.807) is 0 Å². The zero-order valence-electron chi connectivity index (χ0n) is 13.0. The summed E-state index contributed by atoms with van der Waals surface area (Å²) in [5, 5.41) is 0. The summed E-state index contributed by atoms with van der Waals surface area (Å²) >= 11 is 5.01. The number of rotatable bonds is 7. The minimum Gasteiger partial charge on any atom is -0.393 e. The number of nitrogens with zero attached hydrogens (tertiary/aromatic N) is 1. The van der Waals surface area contributed by atoms with E-state index < -0.39 is 0 Å². The summed E-state index contributed by atoms with van der Waals surface area (Å²) in [5.74, 6) is 0.621. The predicted molar refractivity (Wildman–Crippen MR) is 91.5 cm³/mol. The summed E-state index contributed by atoms with van der Waals surface area (Å²) in [6.45, 7) is 8.16. The Kier molecular flexibility index (Phi) is 6.15. The van der Waals surface area contributed by atoms with Gasteiger partial charge in [-0.25, -0.2) is 0 Å². The van der Waals surface area contributed by atoms with Crippen molar-refractivity contribution in [1.29, 1.82) is 0 Å². The molecule has 1 aromatic carbocycles. The zero-order chi connectivity index (χ0) is 15.2. The van der Waals surface area contributed by atoms with Crippen LogP contribution in [0, 0.1) is 5.92 Å². The van der Waals surface area contributed by atoms with E-state index in [0.717, 1.165) is 39.1 Å². The summed E-state index contributed by atoms with van der Waals surface area (Å²) in [7, 11) is 0. The Balaban J connectivity index is 2.04. The molecule has 1 aliphatic heterocycles. The number of thiocarbonyl (C=S) groups is 1. The van der Waals surface area contributed by atoms with Gasteiger partial charge >= 0.3 is 0 Å². The molecule has 0 bridgehead atoms. The van der Waals surface area contributed by atoms with Crippen molar-refractivity contribution in [3.05, 3.63) is 35.4 Å². The van der Waals surface area contributed by atoms with Crippen molar-refractivity contribution in [2.75, 3.05) is 26.2 Å². The lowest BCUT2D eigenvalue weighted by atomic mass is 9.97. The van der Waals surface area contributed by atoms with E-state index in [4.69, 9.17) is 22.7 Å². The number of ether oxygens (including phenoxy) is 1. The van der Waals surface area contributed by atoms with Gasteiger partial charge in [-0.1, -0.05) is 50.3 Å². The van der Waals surface area contributed by atoms with E-state index in [1.165, 1.54) is 11.1 Å². The monoisotopic (exact) mass is 306 g/mol. The lowest BCUT2D eigenvalue weighted by Crippen LogP contribution is -2.36. The standard InChI is InChI=1S/C17H26N2OS/c1-13(2)11-19(9-7-17(18)21)12-16-15-6-4-3-5-14(15)8-10-20-16/h3-6,13,16H,7-12H2,1-2H3,(H2,18,21). The Morgan fingerprint density at radius 3 is 2.90 bits per heavy atom. The van der Waals surface area contributed by atoms with E-state index in [2.05, 4.69) is 43.0 Å². The molecule has 0 spiro atoms.